The van der Waals surface area contributed by atoms with Crippen LogP contribution in [-0.2, 0) is 6.54 Å². The highest BCUT2D eigenvalue weighted by Gasteiger charge is 2.09. The number of hydrazine groups is 1. The standard InChI is InChI=1S/C12H19N5/c1-3-17(8-10(2)7-13)9-11-5-4-6-12(15-11)16-14/h4-6,10H,3,8-9,14H2,1-2H3,(H,15,16). The molecule has 5 heteroatoms. The molecule has 0 aliphatic carbocycles. The predicted octanol–water partition coefficient (Wildman–Crippen LogP) is 1.35. The largest absolute Gasteiger partial charge is 0.308 e. The summed E-state index contributed by atoms with van der Waals surface area (Å²) in [6.45, 7) is 6.39. The molecule has 5 nitrogen and oxygen atoms in total. The minimum absolute atomic E-state index is 0.0331. The monoisotopic (exact) mass is 233 g/mol. The molecular formula is C12H19N5. The minimum Gasteiger partial charge on any atom is -0.308 e. The summed E-state index contributed by atoms with van der Waals surface area (Å²) in [5, 5.41) is 8.81. The van der Waals surface area contributed by atoms with Crippen LogP contribution in [0.25, 0.3) is 0 Å². The summed E-state index contributed by atoms with van der Waals surface area (Å²) in [6, 6.07) is 7.94. The highest BCUT2D eigenvalue weighted by atomic mass is 15.3. The van der Waals surface area contributed by atoms with E-state index in [2.05, 4.69) is 28.3 Å². The van der Waals surface area contributed by atoms with Crippen molar-refractivity contribution in [2.24, 2.45) is 11.8 Å². The van der Waals surface area contributed by atoms with E-state index >= 15 is 0 Å². The van der Waals surface area contributed by atoms with Crippen molar-refractivity contribution in [2.45, 2.75) is 20.4 Å². The third-order valence-electron chi connectivity index (χ3n) is 2.54. The fraction of sp³-hybridized carbons (Fsp3) is 0.500. The fourth-order valence-corrected chi connectivity index (χ4v) is 1.61. The number of hydrogen-bond donors (Lipinski definition) is 2. The summed E-state index contributed by atoms with van der Waals surface area (Å²) in [5.41, 5.74) is 3.48. The van der Waals surface area contributed by atoms with Crippen molar-refractivity contribution >= 4 is 5.82 Å². The molecule has 0 saturated heterocycles. The summed E-state index contributed by atoms with van der Waals surface area (Å²) >= 11 is 0. The van der Waals surface area contributed by atoms with Gasteiger partial charge in [-0.1, -0.05) is 13.0 Å². The van der Waals surface area contributed by atoms with Crippen molar-refractivity contribution in [3.05, 3.63) is 23.9 Å². The van der Waals surface area contributed by atoms with Crippen molar-refractivity contribution in [1.82, 2.24) is 9.88 Å². The van der Waals surface area contributed by atoms with Crippen LogP contribution in [0, 0.1) is 17.2 Å². The van der Waals surface area contributed by atoms with Crippen LogP contribution in [0.5, 0.6) is 0 Å². The van der Waals surface area contributed by atoms with Crippen LogP contribution >= 0.6 is 0 Å². The number of anilines is 1. The summed E-state index contributed by atoms with van der Waals surface area (Å²) in [7, 11) is 0. The van der Waals surface area contributed by atoms with Crippen molar-refractivity contribution in [3.8, 4) is 6.07 Å². The van der Waals surface area contributed by atoms with Crippen LogP contribution in [0.1, 0.15) is 19.5 Å². The first-order valence-electron chi connectivity index (χ1n) is 5.74. The Morgan fingerprint density at radius 2 is 2.35 bits per heavy atom. The number of aromatic nitrogens is 1. The average Bonchev–Trinajstić information content (AvgIpc) is 2.37. The summed E-state index contributed by atoms with van der Waals surface area (Å²) in [6.07, 6.45) is 0. The molecule has 1 rings (SSSR count). The molecule has 92 valence electrons. The topological polar surface area (TPSA) is 78.0 Å². The molecular weight excluding hydrogens is 214 g/mol. The predicted molar refractivity (Wildman–Crippen MR) is 67.8 cm³/mol. The van der Waals surface area contributed by atoms with E-state index in [1.807, 2.05) is 25.1 Å². The highest BCUT2D eigenvalue weighted by molar-refractivity contribution is 5.33. The second kappa shape index (κ2) is 6.84. The van der Waals surface area contributed by atoms with Gasteiger partial charge in [0, 0.05) is 13.1 Å². The van der Waals surface area contributed by atoms with Gasteiger partial charge in [-0.3, -0.25) is 4.90 Å². The Hall–Kier alpha value is -1.64. The van der Waals surface area contributed by atoms with Gasteiger partial charge in [0.2, 0.25) is 0 Å². The number of pyridine rings is 1. The number of nitrogens with zero attached hydrogens (tertiary/aromatic N) is 3. The lowest BCUT2D eigenvalue weighted by molar-refractivity contribution is 0.257. The first-order chi connectivity index (χ1) is 8.19. The number of rotatable bonds is 6. The van der Waals surface area contributed by atoms with Crippen LogP contribution in [-0.4, -0.2) is 23.0 Å². The molecule has 0 aromatic carbocycles. The van der Waals surface area contributed by atoms with E-state index in [9.17, 15) is 0 Å². The van der Waals surface area contributed by atoms with Gasteiger partial charge < -0.3 is 5.43 Å². The molecule has 1 atom stereocenters. The van der Waals surface area contributed by atoms with Gasteiger partial charge in [-0.25, -0.2) is 10.8 Å². The maximum absolute atomic E-state index is 8.81. The molecule has 17 heavy (non-hydrogen) atoms. The van der Waals surface area contributed by atoms with Crippen molar-refractivity contribution in [2.75, 3.05) is 18.5 Å². The lowest BCUT2D eigenvalue weighted by Crippen LogP contribution is -2.28. The number of nitrogens with two attached hydrogens (primary N) is 1. The van der Waals surface area contributed by atoms with E-state index in [1.165, 1.54) is 0 Å². The number of hydrogen-bond acceptors (Lipinski definition) is 5. The van der Waals surface area contributed by atoms with Gasteiger partial charge in [-0.2, -0.15) is 5.26 Å². The molecule has 0 fully saturated rings. The lowest BCUT2D eigenvalue weighted by atomic mass is 10.2. The highest BCUT2D eigenvalue weighted by Crippen LogP contribution is 2.08. The third-order valence-corrected chi connectivity index (χ3v) is 2.54. The summed E-state index contributed by atoms with van der Waals surface area (Å²) in [5.74, 6) is 6.01. The Labute approximate surface area is 102 Å². The average molecular weight is 233 g/mol. The van der Waals surface area contributed by atoms with Gasteiger partial charge in [0.05, 0.1) is 17.7 Å². The zero-order valence-corrected chi connectivity index (χ0v) is 10.3. The van der Waals surface area contributed by atoms with E-state index in [0.29, 0.717) is 5.82 Å². The molecule has 0 radical (unpaired) electrons. The van der Waals surface area contributed by atoms with Crippen LogP contribution in [0.2, 0.25) is 0 Å². The normalized spacial score (nSPS) is 12.2. The Kier molecular flexibility index (Phi) is 5.40. The second-order valence-electron chi connectivity index (χ2n) is 4.02. The van der Waals surface area contributed by atoms with Crippen molar-refractivity contribution < 1.29 is 0 Å². The van der Waals surface area contributed by atoms with Gasteiger partial charge in [0.25, 0.3) is 0 Å². The molecule has 1 unspecified atom stereocenters. The maximum Gasteiger partial charge on any atom is 0.140 e. The molecule has 0 aliphatic rings. The van der Waals surface area contributed by atoms with Gasteiger partial charge in [0.15, 0.2) is 0 Å². The molecule has 1 aromatic rings. The SMILES string of the molecule is CCN(Cc1cccc(NN)n1)CC(C)C#N. The maximum atomic E-state index is 8.81. The molecule has 0 amide bonds. The first kappa shape index (κ1) is 13.4. The van der Waals surface area contributed by atoms with E-state index in [4.69, 9.17) is 11.1 Å². The zero-order chi connectivity index (χ0) is 12.7. The van der Waals surface area contributed by atoms with Gasteiger partial charge in [0.1, 0.15) is 5.82 Å². The Balaban J connectivity index is 2.64. The van der Waals surface area contributed by atoms with Gasteiger partial charge in [-0.05, 0) is 25.6 Å². The Bertz CT molecular complexity index is 385. The molecule has 0 bridgehead atoms. The van der Waals surface area contributed by atoms with E-state index < -0.39 is 0 Å². The summed E-state index contributed by atoms with van der Waals surface area (Å²) < 4.78 is 0. The summed E-state index contributed by atoms with van der Waals surface area (Å²) in [4.78, 5) is 6.54. The smallest absolute Gasteiger partial charge is 0.140 e. The van der Waals surface area contributed by atoms with Gasteiger partial charge >= 0.3 is 0 Å². The fourth-order valence-electron chi connectivity index (χ4n) is 1.61. The lowest BCUT2D eigenvalue weighted by Gasteiger charge is -2.21. The first-order valence-corrected chi connectivity index (χ1v) is 5.74. The van der Waals surface area contributed by atoms with Crippen LogP contribution < -0.4 is 11.3 Å². The molecule has 0 saturated carbocycles. The zero-order valence-electron chi connectivity index (χ0n) is 10.3. The minimum atomic E-state index is 0.0331. The Morgan fingerprint density at radius 3 is 2.94 bits per heavy atom. The molecule has 3 N–H and O–H groups in total. The van der Waals surface area contributed by atoms with E-state index in [1.54, 1.807) is 0 Å². The van der Waals surface area contributed by atoms with Gasteiger partial charge in [-0.15, -0.1) is 0 Å². The number of nitrogen functional groups attached to an aromatic ring is 1. The molecule has 1 aromatic heterocycles. The third kappa shape index (κ3) is 4.39. The quantitative estimate of drug-likeness (QED) is 0.573. The molecule has 0 spiro atoms. The van der Waals surface area contributed by atoms with E-state index in [0.717, 1.165) is 25.3 Å². The Morgan fingerprint density at radius 1 is 1.59 bits per heavy atom. The van der Waals surface area contributed by atoms with Crippen molar-refractivity contribution in [3.63, 3.8) is 0 Å². The molecule has 1 heterocycles. The van der Waals surface area contributed by atoms with Crippen molar-refractivity contribution in [1.29, 1.82) is 5.26 Å². The molecule has 0 aliphatic heterocycles. The van der Waals surface area contributed by atoms with Crippen LogP contribution in [0.4, 0.5) is 5.82 Å². The number of nitrogens with one attached hydrogen (secondary N) is 1. The second-order valence-corrected chi connectivity index (χ2v) is 4.02. The van der Waals surface area contributed by atoms with E-state index in [-0.39, 0.29) is 5.92 Å². The van der Waals surface area contributed by atoms with Crippen LogP contribution in [0.3, 0.4) is 0 Å². The van der Waals surface area contributed by atoms with Crippen LogP contribution in [0.15, 0.2) is 18.2 Å². The number of nitriles is 1.